The molecule has 0 spiro atoms. The van der Waals surface area contributed by atoms with E-state index in [1.807, 2.05) is 6.07 Å². The lowest BCUT2D eigenvalue weighted by Crippen LogP contribution is -2.46. The lowest BCUT2D eigenvalue weighted by Gasteiger charge is -2.28. The molecule has 0 aliphatic rings. The largest absolute Gasteiger partial charge is 0.497 e. The summed E-state index contributed by atoms with van der Waals surface area (Å²) in [6, 6.07) is 13.7. The van der Waals surface area contributed by atoms with Crippen molar-refractivity contribution in [2.45, 2.75) is 23.9 Å². The Labute approximate surface area is 180 Å². The number of sulfonamides is 1. The van der Waals surface area contributed by atoms with Crippen molar-refractivity contribution in [2.75, 3.05) is 14.2 Å². The summed E-state index contributed by atoms with van der Waals surface area (Å²) in [5, 5.41) is 11.7. The zero-order valence-electron chi connectivity index (χ0n) is 17.4. The highest BCUT2D eigenvalue weighted by Gasteiger charge is 2.38. The summed E-state index contributed by atoms with van der Waals surface area (Å²) in [6.45, 7) is -0.0464. The van der Waals surface area contributed by atoms with Crippen molar-refractivity contribution in [2.24, 2.45) is 7.05 Å². The fraction of sp³-hybridized carbons (Fsp3) is 0.300. The molecule has 11 heteroatoms. The Bertz CT molecular complexity index is 1120. The number of aromatic nitrogens is 4. The van der Waals surface area contributed by atoms with Crippen LogP contribution in [0.3, 0.4) is 0 Å². The number of rotatable bonds is 9. The number of benzene rings is 2. The van der Waals surface area contributed by atoms with E-state index in [9.17, 15) is 13.2 Å². The second-order valence-corrected chi connectivity index (χ2v) is 8.54. The van der Waals surface area contributed by atoms with E-state index >= 15 is 0 Å². The van der Waals surface area contributed by atoms with Gasteiger partial charge in [0.25, 0.3) is 0 Å². The molecular weight excluding hydrogens is 422 g/mol. The molecule has 0 unspecified atom stereocenters. The molecule has 0 amide bonds. The van der Waals surface area contributed by atoms with Crippen molar-refractivity contribution in [1.29, 1.82) is 0 Å². The Balaban J connectivity index is 2.06. The van der Waals surface area contributed by atoms with E-state index in [4.69, 9.17) is 9.47 Å². The van der Waals surface area contributed by atoms with Gasteiger partial charge in [0.05, 0.1) is 26.2 Å². The number of carbonyl (C=O) groups is 1. The summed E-state index contributed by atoms with van der Waals surface area (Å²) in [6.07, 6.45) is -0.0945. The molecule has 31 heavy (non-hydrogen) atoms. The average Bonchev–Trinajstić information content (AvgIpc) is 3.21. The Morgan fingerprint density at radius 3 is 2.32 bits per heavy atom. The first-order valence-electron chi connectivity index (χ1n) is 9.35. The Hall–Kier alpha value is -3.31. The van der Waals surface area contributed by atoms with E-state index < -0.39 is 22.0 Å². The van der Waals surface area contributed by atoms with Crippen molar-refractivity contribution < 1.29 is 22.7 Å². The highest BCUT2D eigenvalue weighted by atomic mass is 32.2. The van der Waals surface area contributed by atoms with Gasteiger partial charge < -0.3 is 9.47 Å². The minimum atomic E-state index is -4.10. The summed E-state index contributed by atoms with van der Waals surface area (Å²) in [5.74, 6) is 0.0169. The molecule has 1 aromatic heterocycles. The maximum absolute atomic E-state index is 13.6. The SMILES string of the molecule is COC(=O)[C@@H](Cc1nnn(C)n1)N(Cc1ccccc1)S(=O)(=O)c1ccc(OC)cc1. The van der Waals surface area contributed by atoms with Crippen LogP contribution in [-0.4, -0.2) is 59.2 Å². The van der Waals surface area contributed by atoms with Gasteiger partial charge in [-0.3, -0.25) is 4.79 Å². The molecule has 0 aliphatic heterocycles. The van der Waals surface area contributed by atoms with E-state index in [0.29, 0.717) is 11.3 Å². The van der Waals surface area contributed by atoms with Crippen molar-refractivity contribution in [3.63, 3.8) is 0 Å². The lowest BCUT2D eigenvalue weighted by molar-refractivity contribution is -0.145. The quantitative estimate of drug-likeness (QED) is 0.451. The molecule has 0 saturated heterocycles. The number of carbonyl (C=O) groups excluding carboxylic acids is 1. The third-order valence-electron chi connectivity index (χ3n) is 4.59. The summed E-state index contributed by atoms with van der Waals surface area (Å²) in [5.41, 5.74) is 0.709. The first-order valence-corrected chi connectivity index (χ1v) is 10.8. The summed E-state index contributed by atoms with van der Waals surface area (Å²) in [4.78, 5) is 14.0. The van der Waals surface area contributed by atoms with Crippen LogP contribution in [0.5, 0.6) is 5.75 Å². The van der Waals surface area contributed by atoms with Crippen LogP contribution in [0.15, 0.2) is 59.5 Å². The molecule has 0 radical (unpaired) electrons. The van der Waals surface area contributed by atoms with E-state index in [1.54, 1.807) is 43.4 Å². The average molecular weight is 446 g/mol. The number of aryl methyl sites for hydroxylation is 1. The second kappa shape index (κ2) is 9.67. The maximum Gasteiger partial charge on any atom is 0.324 e. The zero-order chi connectivity index (χ0) is 22.4. The molecule has 2 aromatic carbocycles. The summed E-state index contributed by atoms with van der Waals surface area (Å²) < 4.78 is 38.4. The van der Waals surface area contributed by atoms with Gasteiger partial charge in [-0.15, -0.1) is 10.2 Å². The molecule has 1 atom stereocenters. The minimum absolute atomic E-state index is 0.0187. The smallest absolute Gasteiger partial charge is 0.324 e. The van der Waals surface area contributed by atoms with Crippen molar-refractivity contribution in [3.8, 4) is 5.75 Å². The third-order valence-corrected chi connectivity index (χ3v) is 6.46. The number of hydrogen-bond acceptors (Lipinski definition) is 8. The Morgan fingerprint density at radius 2 is 1.77 bits per heavy atom. The molecule has 0 bridgehead atoms. The van der Waals surface area contributed by atoms with Gasteiger partial charge in [-0.2, -0.15) is 9.10 Å². The Kier molecular flexibility index (Phi) is 6.98. The second-order valence-electron chi connectivity index (χ2n) is 6.65. The number of ether oxygens (including phenoxy) is 2. The minimum Gasteiger partial charge on any atom is -0.497 e. The Morgan fingerprint density at radius 1 is 1.10 bits per heavy atom. The van der Waals surface area contributed by atoms with Crippen LogP contribution in [0.4, 0.5) is 0 Å². The molecular formula is C20H23N5O5S. The van der Waals surface area contributed by atoms with Crippen LogP contribution in [-0.2, 0) is 39.6 Å². The first-order chi connectivity index (χ1) is 14.8. The number of hydrogen-bond donors (Lipinski definition) is 0. The molecule has 0 saturated carbocycles. The number of tetrazole rings is 1. The van der Waals surface area contributed by atoms with Crippen molar-refractivity contribution in [3.05, 3.63) is 66.0 Å². The van der Waals surface area contributed by atoms with Gasteiger partial charge in [-0.05, 0) is 35.0 Å². The number of methoxy groups -OCH3 is 2. The van der Waals surface area contributed by atoms with E-state index in [-0.39, 0.29) is 23.7 Å². The monoisotopic (exact) mass is 445 g/mol. The van der Waals surface area contributed by atoms with Gasteiger partial charge in [0, 0.05) is 13.0 Å². The molecule has 0 aliphatic carbocycles. The number of esters is 1. The standard InChI is InChI=1S/C20H23N5O5S/c1-24-22-19(21-23-24)13-18(20(26)30-3)25(14-15-7-5-4-6-8-15)31(27,28)17-11-9-16(29-2)10-12-17/h4-12,18H,13-14H2,1-3H3/t18-/m1/s1. The molecule has 0 fully saturated rings. The molecule has 3 aromatic rings. The van der Waals surface area contributed by atoms with Gasteiger partial charge in [0.1, 0.15) is 11.8 Å². The lowest BCUT2D eigenvalue weighted by atomic mass is 10.1. The third kappa shape index (κ3) is 5.25. The van der Waals surface area contributed by atoms with Crippen molar-refractivity contribution >= 4 is 16.0 Å². The van der Waals surface area contributed by atoms with Crippen LogP contribution in [0.1, 0.15) is 11.4 Å². The van der Waals surface area contributed by atoms with Gasteiger partial charge in [-0.1, -0.05) is 30.3 Å². The topological polar surface area (TPSA) is 117 Å². The molecule has 10 nitrogen and oxygen atoms in total. The van der Waals surface area contributed by atoms with Crippen LogP contribution in [0.25, 0.3) is 0 Å². The van der Waals surface area contributed by atoms with Crippen molar-refractivity contribution in [1.82, 2.24) is 24.5 Å². The zero-order valence-corrected chi connectivity index (χ0v) is 18.2. The molecule has 164 valence electrons. The van der Waals surface area contributed by atoms with Crippen LogP contribution >= 0.6 is 0 Å². The van der Waals surface area contributed by atoms with E-state index in [0.717, 1.165) is 4.31 Å². The summed E-state index contributed by atoms with van der Waals surface area (Å²) >= 11 is 0. The molecule has 0 N–H and O–H groups in total. The fourth-order valence-electron chi connectivity index (χ4n) is 3.03. The predicted octanol–water partition coefficient (Wildman–Crippen LogP) is 1.19. The predicted molar refractivity (Wildman–Crippen MR) is 110 cm³/mol. The fourth-order valence-corrected chi connectivity index (χ4v) is 4.59. The van der Waals surface area contributed by atoms with Gasteiger partial charge in [0.15, 0.2) is 5.82 Å². The maximum atomic E-state index is 13.6. The number of nitrogens with zero attached hydrogens (tertiary/aromatic N) is 5. The van der Waals surface area contributed by atoms with E-state index in [1.165, 1.54) is 31.1 Å². The van der Waals surface area contributed by atoms with E-state index in [2.05, 4.69) is 15.4 Å². The highest BCUT2D eigenvalue weighted by molar-refractivity contribution is 7.89. The highest BCUT2D eigenvalue weighted by Crippen LogP contribution is 2.25. The van der Waals surface area contributed by atoms with Crippen LogP contribution < -0.4 is 4.74 Å². The van der Waals surface area contributed by atoms with Gasteiger partial charge in [0.2, 0.25) is 10.0 Å². The van der Waals surface area contributed by atoms with Crippen LogP contribution in [0.2, 0.25) is 0 Å². The van der Waals surface area contributed by atoms with Gasteiger partial charge in [-0.25, -0.2) is 8.42 Å². The molecule has 1 heterocycles. The normalized spacial score (nSPS) is 12.5. The first kappa shape index (κ1) is 22.4. The molecule has 3 rings (SSSR count). The van der Waals surface area contributed by atoms with Gasteiger partial charge >= 0.3 is 5.97 Å². The van der Waals surface area contributed by atoms with Crippen LogP contribution in [0, 0.1) is 0 Å². The summed E-state index contributed by atoms with van der Waals surface area (Å²) in [7, 11) is 0.186.